The summed E-state index contributed by atoms with van der Waals surface area (Å²) in [5.74, 6) is -1.78. The average molecular weight is 238 g/mol. The SMILES string of the molecule is Cl.N[C@@H](CCCO)c1cccc(F)c1F. The van der Waals surface area contributed by atoms with Gasteiger partial charge in [-0.15, -0.1) is 12.4 Å². The second kappa shape index (κ2) is 6.71. The fourth-order valence-electron chi connectivity index (χ4n) is 1.27. The van der Waals surface area contributed by atoms with E-state index >= 15 is 0 Å². The molecule has 1 atom stereocenters. The van der Waals surface area contributed by atoms with Gasteiger partial charge >= 0.3 is 0 Å². The van der Waals surface area contributed by atoms with E-state index in [1.807, 2.05) is 0 Å². The highest BCUT2D eigenvalue weighted by Crippen LogP contribution is 2.20. The smallest absolute Gasteiger partial charge is 0.163 e. The van der Waals surface area contributed by atoms with E-state index in [9.17, 15) is 8.78 Å². The molecule has 2 nitrogen and oxygen atoms in total. The van der Waals surface area contributed by atoms with Gasteiger partial charge in [0.1, 0.15) is 0 Å². The van der Waals surface area contributed by atoms with E-state index in [4.69, 9.17) is 10.8 Å². The van der Waals surface area contributed by atoms with Crippen LogP contribution in [0.4, 0.5) is 8.78 Å². The minimum absolute atomic E-state index is 0. The number of halogens is 3. The van der Waals surface area contributed by atoms with Crippen LogP contribution in [0.1, 0.15) is 24.4 Å². The molecule has 0 radical (unpaired) electrons. The highest BCUT2D eigenvalue weighted by molar-refractivity contribution is 5.85. The van der Waals surface area contributed by atoms with Crippen LogP contribution in [0.5, 0.6) is 0 Å². The van der Waals surface area contributed by atoms with Gasteiger partial charge in [0.15, 0.2) is 11.6 Å². The molecule has 86 valence electrons. The Balaban J connectivity index is 0.00000196. The summed E-state index contributed by atoms with van der Waals surface area (Å²) in [6.45, 7) is 0.00460. The van der Waals surface area contributed by atoms with Crippen LogP contribution >= 0.6 is 12.4 Å². The molecule has 0 aromatic heterocycles. The molecule has 1 aromatic carbocycles. The van der Waals surface area contributed by atoms with E-state index in [0.717, 1.165) is 6.07 Å². The van der Waals surface area contributed by atoms with Gasteiger partial charge in [0.2, 0.25) is 0 Å². The molecule has 0 aliphatic rings. The molecule has 0 aliphatic carbocycles. The van der Waals surface area contributed by atoms with Crippen molar-refractivity contribution in [2.24, 2.45) is 5.73 Å². The third-order valence-electron chi connectivity index (χ3n) is 2.05. The second-order valence-electron chi connectivity index (χ2n) is 3.12. The molecule has 3 N–H and O–H groups in total. The third kappa shape index (κ3) is 3.74. The van der Waals surface area contributed by atoms with Crippen LogP contribution in [0, 0.1) is 11.6 Å². The van der Waals surface area contributed by atoms with Gasteiger partial charge < -0.3 is 10.8 Å². The highest BCUT2D eigenvalue weighted by atomic mass is 35.5. The molecule has 0 aliphatic heterocycles. The number of rotatable bonds is 4. The Bertz CT molecular complexity index is 309. The summed E-state index contributed by atoms with van der Waals surface area (Å²) in [4.78, 5) is 0. The number of hydrogen-bond acceptors (Lipinski definition) is 2. The molecule has 5 heteroatoms. The first-order valence-corrected chi connectivity index (χ1v) is 4.47. The molecule has 1 aromatic rings. The first-order valence-electron chi connectivity index (χ1n) is 4.47. The molecular weight excluding hydrogens is 224 g/mol. The normalized spacial score (nSPS) is 12.0. The van der Waals surface area contributed by atoms with Crippen LogP contribution < -0.4 is 5.73 Å². The van der Waals surface area contributed by atoms with Gasteiger partial charge in [-0.3, -0.25) is 0 Å². The minimum Gasteiger partial charge on any atom is -0.396 e. The monoisotopic (exact) mass is 237 g/mol. The van der Waals surface area contributed by atoms with E-state index < -0.39 is 17.7 Å². The lowest BCUT2D eigenvalue weighted by Gasteiger charge is -2.12. The van der Waals surface area contributed by atoms with Crippen LogP contribution in [-0.2, 0) is 0 Å². The maximum atomic E-state index is 13.2. The molecular formula is C10H14ClF2NO. The van der Waals surface area contributed by atoms with Crippen molar-refractivity contribution in [2.45, 2.75) is 18.9 Å². The van der Waals surface area contributed by atoms with Crippen molar-refractivity contribution in [1.29, 1.82) is 0 Å². The van der Waals surface area contributed by atoms with E-state index in [-0.39, 0.29) is 24.6 Å². The van der Waals surface area contributed by atoms with Gasteiger partial charge in [-0.2, -0.15) is 0 Å². The first-order chi connectivity index (χ1) is 6.66. The Labute approximate surface area is 93.5 Å². The number of nitrogens with two attached hydrogens (primary N) is 1. The average Bonchev–Trinajstić information content (AvgIpc) is 2.18. The lowest BCUT2D eigenvalue weighted by molar-refractivity contribution is 0.279. The number of benzene rings is 1. The van der Waals surface area contributed by atoms with Gasteiger partial charge in [-0.1, -0.05) is 12.1 Å². The van der Waals surface area contributed by atoms with Crippen molar-refractivity contribution in [2.75, 3.05) is 6.61 Å². The Morgan fingerprint density at radius 2 is 2.00 bits per heavy atom. The fourth-order valence-corrected chi connectivity index (χ4v) is 1.27. The summed E-state index contributed by atoms with van der Waals surface area (Å²) >= 11 is 0. The Hall–Kier alpha value is -0.710. The molecule has 15 heavy (non-hydrogen) atoms. The van der Waals surface area contributed by atoms with E-state index in [0.29, 0.717) is 12.8 Å². The van der Waals surface area contributed by atoms with Gasteiger partial charge in [0.25, 0.3) is 0 Å². The summed E-state index contributed by atoms with van der Waals surface area (Å²) < 4.78 is 25.9. The predicted molar refractivity (Wildman–Crippen MR) is 56.9 cm³/mol. The summed E-state index contributed by atoms with van der Waals surface area (Å²) in [5.41, 5.74) is 5.80. The summed E-state index contributed by atoms with van der Waals surface area (Å²) in [7, 11) is 0. The first kappa shape index (κ1) is 14.3. The zero-order chi connectivity index (χ0) is 10.6. The van der Waals surface area contributed by atoms with E-state index in [1.165, 1.54) is 12.1 Å². The summed E-state index contributed by atoms with van der Waals surface area (Å²) in [5, 5.41) is 8.56. The molecule has 0 unspecified atom stereocenters. The van der Waals surface area contributed by atoms with Crippen molar-refractivity contribution in [3.8, 4) is 0 Å². The predicted octanol–water partition coefficient (Wildman–Crippen LogP) is 2.16. The van der Waals surface area contributed by atoms with Crippen molar-refractivity contribution in [3.63, 3.8) is 0 Å². The van der Waals surface area contributed by atoms with E-state index in [2.05, 4.69) is 0 Å². The van der Waals surface area contributed by atoms with Crippen LogP contribution in [-0.4, -0.2) is 11.7 Å². The maximum Gasteiger partial charge on any atom is 0.163 e. The van der Waals surface area contributed by atoms with Gasteiger partial charge in [-0.25, -0.2) is 8.78 Å². The highest BCUT2D eigenvalue weighted by Gasteiger charge is 2.13. The largest absolute Gasteiger partial charge is 0.396 e. The molecule has 1 rings (SSSR count). The van der Waals surface area contributed by atoms with Gasteiger partial charge in [0, 0.05) is 18.2 Å². The van der Waals surface area contributed by atoms with Crippen LogP contribution in [0.25, 0.3) is 0 Å². The van der Waals surface area contributed by atoms with Crippen LogP contribution in [0.15, 0.2) is 18.2 Å². The summed E-state index contributed by atoms with van der Waals surface area (Å²) in [6.07, 6.45) is 0.925. The lowest BCUT2D eigenvalue weighted by Crippen LogP contribution is -2.13. The standard InChI is InChI=1S/C10H13F2NO.ClH/c11-8-4-1-3-7(10(8)12)9(13)5-2-6-14;/h1,3-4,9,14H,2,5-6,13H2;1H/t9-;/m0./s1. The van der Waals surface area contributed by atoms with Crippen molar-refractivity contribution < 1.29 is 13.9 Å². The molecule has 0 amide bonds. The molecule has 0 saturated carbocycles. The Kier molecular flexibility index (Phi) is 6.40. The zero-order valence-corrected chi connectivity index (χ0v) is 8.94. The molecule has 0 spiro atoms. The number of hydrogen-bond donors (Lipinski definition) is 2. The fraction of sp³-hybridized carbons (Fsp3) is 0.400. The number of aliphatic hydroxyl groups is 1. The Morgan fingerprint density at radius 1 is 1.33 bits per heavy atom. The molecule has 0 bridgehead atoms. The van der Waals surface area contributed by atoms with Crippen LogP contribution in [0.2, 0.25) is 0 Å². The van der Waals surface area contributed by atoms with Gasteiger partial charge in [0.05, 0.1) is 0 Å². The topological polar surface area (TPSA) is 46.2 Å². The molecule has 0 heterocycles. The second-order valence-corrected chi connectivity index (χ2v) is 3.12. The van der Waals surface area contributed by atoms with Crippen molar-refractivity contribution >= 4 is 12.4 Å². The maximum absolute atomic E-state index is 13.2. The van der Waals surface area contributed by atoms with Gasteiger partial charge in [-0.05, 0) is 18.9 Å². The van der Waals surface area contributed by atoms with Crippen LogP contribution in [0.3, 0.4) is 0 Å². The zero-order valence-electron chi connectivity index (χ0n) is 8.12. The van der Waals surface area contributed by atoms with Crippen molar-refractivity contribution in [1.82, 2.24) is 0 Å². The third-order valence-corrected chi connectivity index (χ3v) is 2.05. The minimum atomic E-state index is -0.891. The molecule has 0 saturated heterocycles. The summed E-state index contributed by atoms with van der Waals surface area (Å²) in [6, 6.07) is 3.38. The number of aliphatic hydroxyl groups excluding tert-OH is 1. The lowest BCUT2D eigenvalue weighted by atomic mass is 10.0. The quantitative estimate of drug-likeness (QED) is 0.843. The molecule has 0 fully saturated rings. The Morgan fingerprint density at radius 3 is 2.60 bits per heavy atom. The van der Waals surface area contributed by atoms with E-state index in [1.54, 1.807) is 0 Å². The van der Waals surface area contributed by atoms with Crippen molar-refractivity contribution in [3.05, 3.63) is 35.4 Å².